The fourth-order valence-corrected chi connectivity index (χ4v) is 4.05. The molecule has 0 aliphatic carbocycles. The number of para-hydroxylation sites is 1. The summed E-state index contributed by atoms with van der Waals surface area (Å²) in [6, 6.07) is 7.89. The van der Waals surface area contributed by atoms with Crippen LogP contribution < -0.4 is 10.2 Å². The molecule has 1 fully saturated rings. The molecule has 1 aromatic heterocycles. The van der Waals surface area contributed by atoms with E-state index in [2.05, 4.69) is 22.4 Å². The highest BCUT2D eigenvalue weighted by Gasteiger charge is 2.34. The van der Waals surface area contributed by atoms with E-state index in [0.29, 0.717) is 18.1 Å². The molecule has 7 heteroatoms. The van der Waals surface area contributed by atoms with Gasteiger partial charge in [0, 0.05) is 30.5 Å². The van der Waals surface area contributed by atoms with Crippen LogP contribution in [0.25, 0.3) is 0 Å². The van der Waals surface area contributed by atoms with Crippen LogP contribution >= 0.6 is 11.3 Å². The van der Waals surface area contributed by atoms with Crippen molar-refractivity contribution >= 4 is 34.0 Å². The molecule has 1 saturated heterocycles. The first-order valence-corrected chi connectivity index (χ1v) is 9.81. The highest BCUT2D eigenvalue weighted by atomic mass is 32.1. The molecule has 2 amide bonds. The number of hydrogen-bond acceptors (Lipinski definition) is 5. The van der Waals surface area contributed by atoms with Crippen LogP contribution in [0.5, 0.6) is 0 Å². The zero-order chi connectivity index (χ0) is 18.7. The molecule has 2 heterocycles. The molecular formula is C19H24N4O2S. The van der Waals surface area contributed by atoms with Gasteiger partial charge in [-0.2, -0.15) is 0 Å². The smallest absolute Gasteiger partial charge is 0.229 e. The van der Waals surface area contributed by atoms with Crippen molar-refractivity contribution in [2.75, 3.05) is 16.8 Å². The van der Waals surface area contributed by atoms with E-state index in [0.717, 1.165) is 29.1 Å². The molecule has 3 rings (SSSR count). The van der Waals surface area contributed by atoms with E-state index in [1.807, 2.05) is 43.0 Å². The van der Waals surface area contributed by atoms with Crippen LogP contribution in [0.1, 0.15) is 49.6 Å². The Morgan fingerprint density at radius 2 is 2.15 bits per heavy atom. The average molecular weight is 372 g/mol. The summed E-state index contributed by atoms with van der Waals surface area (Å²) < 4.78 is 0. The summed E-state index contributed by atoms with van der Waals surface area (Å²) in [6.45, 7) is 6.57. The molecule has 1 aliphatic heterocycles. The van der Waals surface area contributed by atoms with Gasteiger partial charge < -0.3 is 10.2 Å². The summed E-state index contributed by atoms with van der Waals surface area (Å²) in [5.74, 6) is 0.0375. The second-order valence-electron chi connectivity index (χ2n) is 6.82. The van der Waals surface area contributed by atoms with Crippen LogP contribution in [-0.2, 0) is 9.59 Å². The van der Waals surface area contributed by atoms with Crippen LogP contribution in [0.2, 0.25) is 0 Å². The van der Waals surface area contributed by atoms with E-state index in [9.17, 15) is 9.59 Å². The maximum atomic E-state index is 12.5. The van der Waals surface area contributed by atoms with Gasteiger partial charge in [-0.05, 0) is 25.0 Å². The zero-order valence-corrected chi connectivity index (χ0v) is 16.2. The number of nitrogens with one attached hydrogen (secondary N) is 1. The Morgan fingerprint density at radius 3 is 2.88 bits per heavy atom. The second-order valence-corrected chi connectivity index (χ2v) is 7.83. The number of anilines is 2. The Hall–Kier alpha value is -2.28. The summed E-state index contributed by atoms with van der Waals surface area (Å²) in [6.07, 6.45) is 2.23. The third-order valence-corrected chi connectivity index (χ3v) is 5.72. The number of benzene rings is 1. The molecule has 0 saturated carbocycles. The molecule has 2 unspecified atom stereocenters. The first-order chi connectivity index (χ1) is 12.5. The second kappa shape index (κ2) is 7.95. The number of hydrogen-bond donors (Lipinski definition) is 1. The number of nitrogens with zero attached hydrogens (tertiary/aromatic N) is 3. The van der Waals surface area contributed by atoms with E-state index in [1.54, 1.807) is 0 Å². The van der Waals surface area contributed by atoms with Gasteiger partial charge in [0.1, 0.15) is 5.01 Å². The number of carbonyl (C=O) groups excluding carboxylic acids is 2. The highest BCUT2D eigenvalue weighted by molar-refractivity contribution is 7.15. The fourth-order valence-electron chi connectivity index (χ4n) is 3.21. The predicted molar refractivity (Wildman–Crippen MR) is 104 cm³/mol. The zero-order valence-electron chi connectivity index (χ0n) is 15.4. The lowest BCUT2D eigenvalue weighted by atomic mass is 10.1. The van der Waals surface area contributed by atoms with Gasteiger partial charge in [0.05, 0.1) is 0 Å². The van der Waals surface area contributed by atoms with Gasteiger partial charge in [0.15, 0.2) is 0 Å². The van der Waals surface area contributed by atoms with Gasteiger partial charge in [0.2, 0.25) is 16.9 Å². The van der Waals surface area contributed by atoms with E-state index in [1.165, 1.54) is 11.3 Å². The van der Waals surface area contributed by atoms with Crippen LogP contribution in [0.15, 0.2) is 24.3 Å². The van der Waals surface area contributed by atoms with Crippen molar-refractivity contribution in [1.82, 2.24) is 10.2 Å². The van der Waals surface area contributed by atoms with Crippen LogP contribution in [0.4, 0.5) is 10.8 Å². The van der Waals surface area contributed by atoms with Crippen LogP contribution in [0, 0.1) is 12.8 Å². The summed E-state index contributed by atoms with van der Waals surface area (Å²) in [4.78, 5) is 26.4. The molecule has 0 radical (unpaired) electrons. The molecule has 0 spiro atoms. The first-order valence-electron chi connectivity index (χ1n) is 8.99. The minimum atomic E-state index is -0.0445. The van der Waals surface area contributed by atoms with Gasteiger partial charge in [-0.3, -0.25) is 9.59 Å². The van der Waals surface area contributed by atoms with Crippen molar-refractivity contribution in [2.24, 2.45) is 5.92 Å². The molecule has 0 bridgehead atoms. The minimum absolute atomic E-state index is 0.0123. The van der Waals surface area contributed by atoms with Gasteiger partial charge >= 0.3 is 0 Å². The molecule has 1 aromatic carbocycles. The maximum absolute atomic E-state index is 12.5. The van der Waals surface area contributed by atoms with E-state index in [4.69, 9.17) is 0 Å². The minimum Gasteiger partial charge on any atom is -0.311 e. The van der Waals surface area contributed by atoms with Gasteiger partial charge in [0.25, 0.3) is 0 Å². The van der Waals surface area contributed by atoms with Crippen molar-refractivity contribution in [3.8, 4) is 0 Å². The highest BCUT2D eigenvalue weighted by Crippen LogP contribution is 2.35. The van der Waals surface area contributed by atoms with Crippen molar-refractivity contribution < 1.29 is 9.59 Å². The quantitative estimate of drug-likeness (QED) is 0.838. The van der Waals surface area contributed by atoms with E-state index >= 15 is 0 Å². The molecular weight excluding hydrogens is 348 g/mol. The SMILES string of the molecule is CCCC(C)C(=O)Nc1nnc(C2CC(=O)N(c3ccccc3C)C2)s1. The number of amides is 2. The van der Waals surface area contributed by atoms with Gasteiger partial charge in [-0.1, -0.05) is 49.8 Å². The van der Waals surface area contributed by atoms with Crippen LogP contribution in [-0.4, -0.2) is 28.6 Å². The number of rotatable bonds is 6. The Balaban J connectivity index is 1.68. The Labute approximate surface area is 157 Å². The monoisotopic (exact) mass is 372 g/mol. The lowest BCUT2D eigenvalue weighted by Crippen LogP contribution is -2.25. The third-order valence-electron chi connectivity index (χ3n) is 4.72. The third kappa shape index (κ3) is 3.93. The van der Waals surface area contributed by atoms with Crippen molar-refractivity contribution in [1.29, 1.82) is 0 Å². The summed E-state index contributed by atoms with van der Waals surface area (Å²) >= 11 is 1.36. The number of carbonyl (C=O) groups is 2. The molecule has 2 aromatic rings. The molecule has 1 N–H and O–H groups in total. The van der Waals surface area contributed by atoms with Crippen molar-refractivity contribution in [2.45, 2.75) is 46.0 Å². The Kier molecular flexibility index (Phi) is 5.66. The summed E-state index contributed by atoms with van der Waals surface area (Å²) in [5.41, 5.74) is 2.03. The Bertz CT molecular complexity index is 804. The van der Waals surface area contributed by atoms with Gasteiger partial charge in [-0.25, -0.2) is 0 Å². The van der Waals surface area contributed by atoms with E-state index in [-0.39, 0.29) is 23.7 Å². The van der Waals surface area contributed by atoms with Crippen molar-refractivity contribution in [3.05, 3.63) is 34.8 Å². The predicted octanol–water partition coefficient (Wildman–Crippen LogP) is 3.74. The molecule has 6 nitrogen and oxygen atoms in total. The number of aromatic nitrogens is 2. The summed E-state index contributed by atoms with van der Waals surface area (Å²) in [7, 11) is 0. The lowest BCUT2D eigenvalue weighted by molar-refractivity contribution is -0.119. The Morgan fingerprint density at radius 1 is 1.38 bits per heavy atom. The van der Waals surface area contributed by atoms with E-state index < -0.39 is 0 Å². The standard InChI is InChI=1S/C19H24N4O2S/c1-4-7-13(3)17(25)20-19-22-21-18(26-19)14-10-16(24)23(11-14)15-9-6-5-8-12(15)2/h5-6,8-9,13-14H,4,7,10-11H2,1-3H3,(H,20,22,25). The summed E-state index contributed by atoms with van der Waals surface area (Å²) in [5, 5.41) is 12.5. The topological polar surface area (TPSA) is 75.2 Å². The normalized spacial score (nSPS) is 18.2. The van der Waals surface area contributed by atoms with Crippen molar-refractivity contribution in [3.63, 3.8) is 0 Å². The van der Waals surface area contributed by atoms with Gasteiger partial charge in [-0.15, -0.1) is 10.2 Å². The maximum Gasteiger partial charge on any atom is 0.229 e. The average Bonchev–Trinajstić information content (AvgIpc) is 3.22. The van der Waals surface area contributed by atoms with Crippen LogP contribution in [0.3, 0.4) is 0 Å². The molecule has 1 aliphatic rings. The first kappa shape index (κ1) is 18.5. The molecule has 26 heavy (non-hydrogen) atoms. The lowest BCUT2D eigenvalue weighted by Gasteiger charge is -2.18. The largest absolute Gasteiger partial charge is 0.311 e. The number of aryl methyl sites for hydroxylation is 1. The fraction of sp³-hybridized carbons (Fsp3) is 0.474. The molecule has 138 valence electrons. The molecule has 2 atom stereocenters.